The summed E-state index contributed by atoms with van der Waals surface area (Å²) < 4.78 is 4.73. The third-order valence-electron chi connectivity index (χ3n) is 1.38. The van der Waals surface area contributed by atoms with E-state index in [1.165, 1.54) is 4.80 Å². The zero-order valence-corrected chi connectivity index (χ0v) is 7.73. The van der Waals surface area contributed by atoms with Crippen molar-refractivity contribution >= 4 is 5.97 Å². The van der Waals surface area contributed by atoms with Gasteiger partial charge in [0.25, 0.3) is 0 Å². The van der Waals surface area contributed by atoms with Crippen molar-refractivity contribution in [3.05, 3.63) is 5.82 Å². The second-order valence-corrected chi connectivity index (χ2v) is 2.38. The Balaban J connectivity index is 2.49. The van der Waals surface area contributed by atoms with E-state index in [4.69, 9.17) is 4.74 Å². The van der Waals surface area contributed by atoms with Crippen molar-refractivity contribution < 1.29 is 9.53 Å². The Morgan fingerprint density at radius 2 is 2.31 bits per heavy atom. The molecule has 0 N–H and O–H groups in total. The molecule has 6 heteroatoms. The van der Waals surface area contributed by atoms with Gasteiger partial charge in [-0.15, -0.1) is 10.2 Å². The van der Waals surface area contributed by atoms with Crippen LogP contribution < -0.4 is 0 Å². The van der Waals surface area contributed by atoms with Gasteiger partial charge in [0.1, 0.15) is 6.42 Å². The Hall–Kier alpha value is -1.46. The van der Waals surface area contributed by atoms with Crippen LogP contribution in [0.5, 0.6) is 0 Å². The summed E-state index contributed by atoms with van der Waals surface area (Å²) in [5.74, 6) is 0.0819. The van der Waals surface area contributed by atoms with Crippen molar-refractivity contribution in [3.63, 3.8) is 0 Å². The van der Waals surface area contributed by atoms with Crippen molar-refractivity contribution in [1.29, 1.82) is 0 Å². The summed E-state index contributed by atoms with van der Waals surface area (Å²) in [6, 6.07) is 0. The summed E-state index contributed by atoms with van der Waals surface area (Å²) in [5.41, 5.74) is 0. The van der Waals surface area contributed by atoms with Crippen LogP contribution in [0.25, 0.3) is 0 Å². The van der Waals surface area contributed by atoms with Crippen molar-refractivity contribution in [2.24, 2.45) is 0 Å². The Labute approximate surface area is 75.9 Å². The largest absolute Gasteiger partial charge is 0.466 e. The zero-order chi connectivity index (χ0) is 9.68. The molecular weight excluding hydrogens is 172 g/mol. The fourth-order valence-corrected chi connectivity index (χ4v) is 0.822. The maximum atomic E-state index is 11.0. The SMILES string of the molecule is CCOC(=O)Cc1nnn(CC)n1. The molecule has 0 unspecified atom stereocenters. The first-order chi connectivity index (χ1) is 6.26. The quantitative estimate of drug-likeness (QED) is 0.606. The summed E-state index contributed by atoms with van der Waals surface area (Å²) in [6.45, 7) is 4.68. The molecule has 0 saturated carbocycles. The van der Waals surface area contributed by atoms with E-state index in [2.05, 4.69) is 15.4 Å². The average Bonchev–Trinajstić information content (AvgIpc) is 2.52. The van der Waals surface area contributed by atoms with Crippen LogP contribution in [0, 0.1) is 0 Å². The van der Waals surface area contributed by atoms with E-state index in [0.29, 0.717) is 19.0 Å². The summed E-state index contributed by atoms with van der Waals surface area (Å²) in [5, 5.41) is 11.4. The first-order valence-corrected chi connectivity index (χ1v) is 4.18. The number of carbonyl (C=O) groups is 1. The third-order valence-corrected chi connectivity index (χ3v) is 1.38. The number of aryl methyl sites for hydroxylation is 1. The van der Waals surface area contributed by atoms with E-state index in [1.807, 2.05) is 6.92 Å². The number of hydrogen-bond acceptors (Lipinski definition) is 5. The number of hydrogen-bond donors (Lipinski definition) is 0. The predicted molar refractivity (Wildman–Crippen MR) is 43.8 cm³/mol. The molecule has 1 aromatic heterocycles. The molecule has 0 amide bonds. The molecule has 0 aliphatic heterocycles. The minimum atomic E-state index is -0.321. The Bertz CT molecular complexity index is 284. The predicted octanol–water partition coefficient (Wildman–Crippen LogP) is -0.201. The molecule has 0 aliphatic rings. The van der Waals surface area contributed by atoms with Crippen LogP contribution in [-0.4, -0.2) is 32.8 Å². The van der Waals surface area contributed by atoms with Gasteiger partial charge in [0.15, 0.2) is 5.82 Å². The molecule has 0 saturated heterocycles. The molecule has 72 valence electrons. The van der Waals surface area contributed by atoms with Gasteiger partial charge >= 0.3 is 5.97 Å². The van der Waals surface area contributed by atoms with E-state index < -0.39 is 0 Å². The molecule has 0 atom stereocenters. The second kappa shape index (κ2) is 4.54. The van der Waals surface area contributed by atoms with Crippen LogP contribution in [0.4, 0.5) is 0 Å². The molecule has 0 bridgehead atoms. The number of nitrogens with zero attached hydrogens (tertiary/aromatic N) is 4. The lowest BCUT2D eigenvalue weighted by Gasteiger charge is -1.96. The van der Waals surface area contributed by atoms with Gasteiger partial charge < -0.3 is 4.74 Å². The molecule has 1 heterocycles. The number of rotatable bonds is 4. The van der Waals surface area contributed by atoms with Gasteiger partial charge in [0.05, 0.1) is 13.2 Å². The highest BCUT2D eigenvalue weighted by atomic mass is 16.5. The van der Waals surface area contributed by atoms with Crippen molar-refractivity contribution in [2.45, 2.75) is 26.8 Å². The van der Waals surface area contributed by atoms with E-state index in [0.717, 1.165) is 0 Å². The van der Waals surface area contributed by atoms with Crippen molar-refractivity contribution in [2.75, 3.05) is 6.61 Å². The first kappa shape index (κ1) is 9.63. The van der Waals surface area contributed by atoms with Gasteiger partial charge in [-0.3, -0.25) is 4.79 Å². The molecule has 6 nitrogen and oxygen atoms in total. The molecule has 1 rings (SSSR count). The van der Waals surface area contributed by atoms with Crippen molar-refractivity contribution in [1.82, 2.24) is 20.2 Å². The van der Waals surface area contributed by atoms with Crippen LogP contribution in [0.1, 0.15) is 19.7 Å². The highest BCUT2D eigenvalue weighted by Crippen LogP contribution is 1.91. The summed E-state index contributed by atoms with van der Waals surface area (Å²) in [7, 11) is 0. The normalized spacial score (nSPS) is 10.0. The molecule has 0 aliphatic carbocycles. The van der Waals surface area contributed by atoms with Gasteiger partial charge in [0.2, 0.25) is 0 Å². The molecule has 0 radical (unpaired) electrons. The number of tetrazole rings is 1. The lowest BCUT2D eigenvalue weighted by atomic mass is 10.4. The van der Waals surface area contributed by atoms with Crippen LogP contribution in [0.2, 0.25) is 0 Å². The highest BCUT2D eigenvalue weighted by molar-refractivity contribution is 5.71. The highest BCUT2D eigenvalue weighted by Gasteiger charge is 2.08. The Morgan fingerprint density at radius 1 is 1.54 bits per heavy atom. The van der Waals surface area contributed by atoms with Crippen LogP contribution in [0.3, 0.4) is 0 Å². The van der Waals surface area contributed by atoms with Gasteiger partial charge in [-0.25, -0.2) is 0 Å². The monoisotopic (exact) mass is 184 g/mol. The Morgan fingerprint density at radius 3 is 2.85 bits per heavy atom. The van der Waals surface area contributed by atoms with Crippen LogP contribution >= 0.6 is 0 Å². The minimum absolute atomic E-state index is 0.0911. The van der Waals surface area contributed by atoms with Gasteiger partial charge in [0, 0.05) is 0 Å². The smallest absolute Gasteiger partial charge is 0.313 e. The first-order valence-electron chi connectivity index (χ1n) is 4.18. The topological polar surface area (TPSA) is 69.9 Å². The number of esters is 1. The van der Waals surface area contributed by atoms with E-state index in [1.54, 1.807) is 6.92 Å². The average molecular weight is 184 g/mol. The lowest BCUT2D eigenvalue weighted by Crippen LogP contribution is -2.09. The third kappa shape index (κ3) is 2.81. The van der Waals surface area contributed by atoms with E-state index in [9.17, 15) is 4.79 Å². The summed E-state index contributed by atoms with van der Waals surface area (Å²) in [4.78, 5) is 12.4. The number of ether oxygens (including phenoxy) is 1. The van der Waals surface area contributed by atoms with Crippen LogP contribution in [-0.2, 0) is 22.5 Å². The fourth-order valence-electron chi connectivity index (χ4n) is 0.822. The Kier molecular flexibility index (Phi) is 3.36. The molecule has 0 fully saturated rings. The summed E-state index contributed by atoms with van der Waals surface area (Å²) >= 11 is 0. The molecule has 13 heavy (non-hydrogen) atoms. The van der Waals surface area contributed by atoms with Gasteiger partial charge in [-0.2, -0.15) is 4.80 Å². The molecule has 0 aromatic carbocycles. The van der Waals surface area contributed by atoms with Crippen LogP contribution in [0.15, 0.2) is 0 Å². The molecular formula is C7H12N4O2. The summed E-state index contributed by atoms with van der Waals surface area (Å²) in [6.07, 6.45) is 0.0911. The molecule has 1 aromatic rings. The van der Waals surface area contributed by atoms with Gasteiger partial charge in [-0.1, -0.05) is 0 Å². The maximum absolute atomic E-state index is 11.0. The molecule has 0 spiro atoms. The van der Waals surface area contributed by atoms with Crippen molar-refractivity contribution in [3.8, 4) is 0 Å². The zero-order valence-electron chi connectivity index (χ0n) is 7.73. The van der Waals surface area contributed by atoms with E-state index >= 15 is 0 Å². The maximum Gasteiger partial charge on any atom is 0.313 e. The second-order valence-electron chi connectivity index (χ2n) is 2.38. The van der Waals surface area contributed by atoms with E-state index in [-0.39, 0.29) is 12.4 Å². The standard InChI is InChI=1S/C7H12N4O2/c1-3-11-9-6(8-10-11)5-7(12)13-4-2/h3-5H2,1-2H3. The minimum Gasteiger partial charge on any atom is -0.466 e. The fraction of sp³-hybridized carbons (Fsp3) is 0.714. The number of aromatic nitrogens is 4. The number of carbonyl (C=O) groups excluding carboxylic acids is 1. The lowest BCUT2D eigenvalue weighted by molar-refractivity contribution is -0.142. The van der Waals surface area contributed by atoms with Gasteiger partial charge in [-0.05, 0) is 19.1 Å².